The predicted molar refractivity (Wildman–Crippen MR) is 104 cm³/mol. The van der Waals surface area contributed by atoms with E-state index in [4.69, 9.17) is 4.74 Å². The highest BCUT2D eigenvalue weighted by molar-refractivity contribution is 14.0. The number of benzene rings is 1. The number of sulfone groups is 1. The molecule has 0 spiro atoms. The van der Waals surface area contributed by atoms with Crippen LogP contribution in [-0.4, -0.2) is 52.1 Å². The SMILES string of the molecule is CN=C(NCCOc1ccc(C)cc1)NC1CCS(=O)(=O)C1.I. The van der Waals surface area contributed by atoms with Gasteiger partial charge < -0.3 is 15.4 Å². The first-order chi connectivity index (χ1) is 10.5. The average Bonchev–Trinajstić information content (AvgIpc) is 2.83. The first kappa shape index (κ1) is 20.0. The van der Waals surface area contributed by atoms with Crippen molar-refractivity contribution in [1.82, 2.24) is 10.6 Å². The molecule has 0 amide bonds. The minimum absolute atomic E-state index is 0. The van der Waals surface area contributed by atoms with Gasteiger partial charge in [-0.05, 0) is 25.5 Å². The van der Waals surface area contributed by atoms with Gasteiger partial charge in [0.2, 0.25) is 0 Å². The molecule has 1 fully saturated rings. The summed E-state index contributed by atoms with van der Waals surface area (Å²) >= 11 is 0. The van der Waals surface area contributed by atoms with E-state index in [-0.39, 0.29) is 41.5 Å². The zero-order valence-electron chi connectivity index (χ0n) is 13.4. The second kappa shape index (κ2) is 9.31. The Morgan fingerprint density at radius 3 is 2.61 bits per heavy atom. The smallest absolute Gasteiger partial charge is 0.191 e. The minimum Gasteiger partial charge on any atom is -0.492 e. The molecule has 1 aromatic carbocycles. The number of guanidine groups is 1. The third kappa shape index (κ3) is 6.94. The normalized spacial score (nSPS) is 19.7. The van der Waals surface area contributed by atoms with Gasteiger partial charge in [0.15, 0.2) is 15.8 Å². The van der Waals surface area contributed by atoms with Crippen LogP contribution in [0.15, 0.2) is 29.3 Å². The van der Waals surface area contributed by atoms with Crippen molar-refractivity contribution >= 4 is 39.8 Å². The maximum Gasteiger partial charge on any atom is 0.191 e. The van der Waals surface area contributed by atoms with Crippen molar-refractivity contribution in [1.29, 1.82) is 0 Å². The van der Waals surface area contributed by atoms with Crippen molar-refractivity contribution in [3.05, 3.63) is 29.8 Å². The van der Waals surface area contributed by atoms with E-state index in [1.54, 1.807) is 7.05 Å². The molecule has 1 aliphatic heterocycles. The summed E-state index contributed by atoms with van der Waals surface area (Å²) in [7, 11) is -1.22. The van der Waals surface area contributed by atoms with Crippen LogP contribution < -0.4 is 15.4 Å². The summed E-state index contributed by atoms with van der Waals surface area (Å²) < 4.78 is 28.5. The van der Waals surface area contributed by atoms with Gasteiger partial charge in [-0.2, -0.15) is 0 Å². The number of hydrogen-bond acceptors (Lipinski definition) is 4. The van der Waals surface area contributed by atoms with Gasteiger partial charge in [0, 0.05) is 13.1 Å². The highest BCUT2D eigenvalue weighted by Crippen LogP contribution is 2.11. The molecule has 2 N–H and O–H groups in total. The molecule has 8 heteroatoms. The number of hydrogen-bond donors (Lipinski definition) is 2. The molecule has 1 saturated heterocycles. The molecule has 1 atom stereocenters. The largest absolute Gasteiger partial charge is 0.492 e. The summed E-state index contributed by atoms with van der Waals surface area (Å²) in [4.78, 5) is 4.10. The highest BCUT2D eigenvalue weighted by atomic mass is 127. The molecular formula is C15H24IN3O3S. The van der Waals surface area contributed by atoms with E-state index >= 15 is 0 Å². The number of nitrogens with one attached hydrogen (secondary N) is 2. The Hall–Kier alpha value is -1.03. The molecule has 1 aliphatic rings. The van der Waals surface area contributed by atoms with Gasteiger partial charge in [0.05, 0.1) is 18.1 Å². The summed E-state index contributed by atoms with van der Waals surface area (Å²) in [5.74, 6) is 1.86. The Kier molecular flexibility index (Phi) is 8.10. The van der Waals surface area contributed by atoms with E-state index in [0.29, 0.717) is 25.5 Å². The van der Waals surface area contributed by atoms with Crippen molar-refractivity contribution < 1.29 is 13.2 Å². The van der Waals surface area contributed by atoms with E-state index in [2.05, 4.69) is 15.6 Å². The van der Waals surface area contributed by atoms with E-state index in [1.165, 1.54) is 5.56 Å². The van der Waals surface area contributed by atoms with Crippen molar-refractivity contribution in [2.75, 3.05) is 31.7 Å². The number of aliphatic imine (C=N–C) groups is 1. The number of aryl methyl sites for hydroxylation is 1. The standard InChI is InChI=1S/C15H23N3O3S.HI/c1-12-3-5-14(6-4-12)21-9-8-17-15(16-2)18-13-7-10-22(19,20)11-13;/h3-6,13H,7-11H2,1-2H3,(H2,16,17,18);1H. The van der Waals surface area contributed by atoms with Crippen molar-refractivity contribution in [2.45, 2.75) is 19.4 Å². The summed E-state index contributed by atoms with van der Waals surface area (Å²) in [6.45, 7) is 3.13. The molecule has 1 unspecified atom stereocenters. The number of halogens is 1. The van der Waals surface area contributed by atoms with Crippen LogP contribution in [-0.2, 0) is 9.84 Å². The fraction of sp³-hybridized carbons (Fsp3) is 0.533. The Morgan fingerprint density at radius 2 is 2.04 bits per heavy atom. The Labute approximate surface area is 155 Å². The zero-order valence-corrected chi connectivity index (χ0v) is 16.6. The van der Waals surface area contributed by atoms with Crippen molar-refractivity contribution in [3.63, 3.8) is 0 Å². The van der Waals surface area contributed by atoms with Gasteiger partial charge >= 0.3 is 0 Å². The monoisotopic (exact) mass is 453 g/mol. The molecule has 1 aromatic rings. The topological polar surface area (TPSA) is 79.8 Å². The van der Waals surface area contributed by atoms with Crippen LogP contribution in [0.3, 0.4) is 0 Å². The van der Waals surface area contributed by atoms with Crippen LogP contribution in [0.2, 0.25) is 0 Å². The predicted octanol–water partition coefficient (Wildman–Crippen LogP) is 1.34. The number of nitrogens with zero attached hydrogens (tertiary/aromatic N) is 1. The molecule has 2 rings (SSSR count). The second-order valence-corrected chi connectivity index (χ2v) is 7.63. The van der Waals surface area contributed by atoms with E-state index < -0.39 is 9.84 Å². The maximum atomic E-state index is 11.4. The van der Waals surface area contributed by atoms with Crippen LogP contribution in [0, 0.1) is 6.92 Å². The fourth-order valence-electron chi connectivity index (χ4n) is 2.27. The van der Waals surface area contributed by atoms with Gasteiger partial charge in [0.1, 0.15) is 12.4 Å². The van der Waals surface area contributed by atoms with Crippen LogP contribution in [0.5, 0.6) is 5.75 Å². The molecule has 0 radical (unpaired) electrons. The maximum absolute atomic E-state index is 11.4. The van der Waals surface area contributed by atoms with Crippen LogP contribution in [0.25, 0.3) is 0 Å². The van der Waals surface area contributed by atoms with Gasteiger partial charge in [-0.1, -0.05) is 17.7 Å². The van der Waals surface area contributed by atoms with E-state index in [1.807, 2.05) is 31.2 Å². The van der Waals surface area contributed by atoms with Crippen LogP contribution in [0.1, 0.15) is 12.0 Å². The highest BCUT2D eigenvalue weighted by Gasteiger charge is 2.28. The van der Waals surface area contributed by atoms with Crippen molar-refractivity contribution in [2.24, 2.45) is 4.99 Å². The third-order valence-corrected chi connectivity index (χ3v) is 5.25. The fourth-order valence-corrected chi connectivity index (χ4v) is 3.94. The number of rotatable bonds is 5. The zero-order chi connectivity index (χ0) is 16.0. The Balaban J connectivity index is 0.00000264. The third-order valence-electron chi connectivity index (χ3n) is 3.48. The van der Waals surface area contributed by atoms with Crippen molar-refractivity contribution in [3.8, 4) is 5.75 Å². The molecule has 23 heavy (non-hydrogen) atoms. The van der Waals surface area contributed by atoms with Gasteiger partial charge in [-0.15, -0.1) is 24.0 Å². The molecule has 6 nitrogen and oxygen atoms in total. The van der Waals surface area contributed by atoms with Crippen LogP contribution in [0.4, 0.5) is 0 Å². The first-order valence-corrected chi connectivity index (χ1v) is 9.18. The Morgan fingerprint density at radius 1 is 1.35 bits per heavy atom. The summed E-state index contributed by atoms with van der Waals surface area (Å²) in [5.41, 5.74) is 1.20. The van der Waals surface area contributed by atoms with Gasteiger partial charge in [-0.3, -0.25) is 4.99 Å². The molecule has 0 saturated carbocycles. The first-order valence-electron chi connectivity index (χ1n) is 7.35. The van der Waals surface area contributed by atoms with Crippen LogP contribution >= 0.6 is 24.0 Å². The summed E-state index contributed by atoms with van der Waals surface area (Å²) in [6, 6.07) is 7.82. The lowest BCUT2D eigenvalue weighted by Crippen LogP contribution is -2.45. The Bertz CT molecular complexity index is 617. The summed E-state index contributed by atoms with van der Waals surface area (Å²) in [5, 5.41) is 6.26. The lowest BCUT2D eigenvalue weighted by molar-refractivity contribution is 0.321. The second-order valence-electron chi connectivity index (χ2n) is 5.40. The van der Waals surface area contributed by atoms with E-state index in [0.717, 1.165) is 5.75 Å². The molecular weight excluding hydrogens is 429 g/mol. The molecule has 1 heterocycles. The quantitative estimate of drug-likeness (QED) is 0.305. The number of ether oxygens (including phenoxy) is 1. The molecule has 0 aliphatic carbocycles. The molecule has 0 bridgehead atoms. The van der Waals surface area contributed by atoms with Gasteiger partial charge in [0.25, 0.3) is 0 Å². The van der Waals surface area contributed by atoms with E-state index in [9.17, 15) is 8.42 Å². The molecule has 130 valence electrons. The van der Waals surface area contributed by atoms with Gasteiger partial charge in [-0.25, -0.2) is 8.42 Å². The minimum atomic E-state index is -2.88. The summed E-state index contributed by atoms with van der Waals surface area (Å²) in [6.07, 6.45) is 0.628. The molecule has 0 aromatic heterocycles. The lowest BCUT2D eigenvalue weighted by atomic mass is 10.2. The lowest BCUT2D eigenvalue weighted by Gasteiger charge is -2.16. The average molecular weight is 453 g/mol.